The SMILES string of the molecule is OCCN(Cc1ccccc1OC(F)F)C1CCCC1. The number of hydrogen-bond acceptors (Lipinski definition) is 3. The molecule has 0 aromatic heterocycles. The first kappa shape index (κ1) is 15.2. The van der Waals surface area contributed by atoms with Gasteiger partial charge in [0.25, 0.3) is 0 Å². The molecule has 0 unspecified atom stereocenters. The summed E-state index contributed by atoms with van der Waals surface area (Å²) in [5, 5.41) is 9.20. The number of hydrogen-bond donors (Lipinski definition) is 1. The zero-order valence-electron chi connectivity index (χ0n) is 11.5. The van der Waals surface area contributed by atoms with Crippen molar-refractivity contribution in [2.75, 3.05) is 13.2 Å². The number of aliphatic hydroxyl groups excluding tert-OH is 1. The zero-order valence-corrected chi connectivity index (χ0v) is 11.5. The molecule has 1 saturated carbocycles. The van der Waals surface area contributed by atoms with Crippen LogP contribution in [-0.4, -0.2) is 35.8 Å². The first-order valence-corrected chi connectivity index (χ1v) is 7.08. The van der Waals surface area contributed by atoms with Crippen molar-refractivity contribution in [2.45, 2.75) is 44.9 Å². The van der Waals surface area contributed by atoms with Gasteiger partial charge in [-0.05, 0) is 18.9 Å². The summed E-state index contributed by atoms with van der Waals surface area (Å²) in [5.74, 6) is 0.225. The summed E-state index contributed by atoms with van der Waals surface area (Å²) in [4.78, 5) is 2.17. The van der Waals surface area contributed by atoms with Gasteiger partial charge in [0, 0.05) is 24.7 Å². The Kier molecular flexibility index (Phi) is 5.73. The predicted octanol–water partition coefficient (Wildman–Crippen LogP) is 3.02. The Bertz CT molecular complexity index is 409. The smallest absolute Gasteiger partial charge is 0.387 e. The number of benzene rings is 1. The van der Waals surface area contributed by atoms with E-state index in [1.807, 2.05) is 6.07 Å². The lowest BCUT2D eigenvalue weighted by atomic mass is 10.1. The number of rotatable bonds is 7. The minimum atomic E-state index is -2.81. The van der Waals surface area contributed by atoms with Gasteiger partial charge in [0.2, 0.25) is 0 Å². The van der Waals surface area contributed by atoms with Crippen molar-refractivity contribution in [3.63, 3.8) is 0 Å². The molecule has 0 radical (unpaired) electrons. The molecule has 20 heavy (non-hydrogen) atoms. The van der Waals surface area contributed by atoms with Crippen LogP contribution in [0.1, 0.15) is 31.2 Å². The highest BCUT2D eigenvalue weighted by Gasteiger charge is 2.23. The van der Waals surface area contributed by atoms with Gasteiger partial charge >= 0.3 is 6.61 Å². The van der Waals surface area contributed by atoms with Crippen LogP contribution in [0.5, 0.6) is 5.75 Å². The molecule has 1 aromatic carbocycles. The summed E-state index contributed by atoms with van der Waals surface area (Å²) >= 11 is 0. The summed E-state index contributed by atoms with van der Waals surface area (Å²) in [7, 11) is 0. The van der Waals surface area contributed by atoms with Crippen molar-refractivity contribution in [3.05, 3.63) is 29.8 Å². The second kappa shape index (κ2) is 7.55. The van der Waals surface area contributed by atoms with Gasteiger partial charge in [-0.3, -0.25) is 4.90 Å². The molecule has 1 N–H and O–H groups in total. The van der Waals surface area contributed by atoms with Crippen molar-refractivity contribution in [1.82, 2.24) is 4.90 Å². The van der Waals surface area contributed by atoms with E-state index in [0.717, 1.165) is 18.4 Å². The molecule has 112 valence electrons. The average Bonchev–Trinajstić information content (AvgIpc) is 2.93. The number of ether oxygens (including phenoxy) is 1. The maximum Gasteiger partial charge on any atom is 0.387 e. The van der Waals surface area contributed by atoms with Crippen LogP contribution in [-0.2, 0) is 6.54 Å². The summed E-state index contributed by atoms with van der Waals surface area (Å²) < 4.78 is 29.4. The molecule has 2 rings (SSSR count). The van der Waals surface area contributed by atoms with Crippen molar-refractivity contribution < 1.29 is 18.6 Å². The second-order valence-electron chi connectivity index (χ2n) is 5.12. The summed E-state index contributed by atoms with van der Waals surface area (Å²) in [6.07, 6.45) is 4.61. The Morgan fingerprint density at radius 2 is 1.95 bits per heavy atom. The highest BCUT2D eigenvalue weighted by molar-refractivity contribution is 5.33. The lowest BCUT2D eigenvalue weighted by Gasteiger charge is -2.28. The standard InChI is InChI=1S/C15H21F2NO2/c16-15(17)20-14-8-4-1-5-12(14)11-18(9-10-19)13-6-2-3-7-13/h1,4-5,8,13,15,19H,2-3,6-7,9-11H2. The minimum absolute atomic E-state index is 0.0777. The van der Waals surface area contributed by atoms with E-state index in [-0.39, 0.29) is 12.4 Å². The van der Waals surface area contributed by atoms with Crippen LogP contribution in [0.3, 0.4) is 0 Å². The Morgan fingerprint density at radius 1 is 1.25 bits per heavy atom. The first-order valence-electron chi connectivity index (χ1n) is 7.08. The van der Waals surface area contributed by atoms with Gasteiger partial charge in [-0.15, -0.1) is 0 Å². The second-order valence-corrected chi connectivity index (χ2v) is 5.12. The van der Waals surface area contributed by atoms with Gasteiger partial charge in [0.1, 0.15) is 5.75 Å². The summed E-state index contributed by atoms with van der Waals surface area (Å²) in [5.41, 5.74) is 0.744. The third-order valence-electron chi connectivity index (χ3n) is 3.79. The molecule has 0 heterocycles. The predicted molar refractivity (Wildman–Crippen MR) is 72.8 cm³/mol. The van der Waals surface area contributed by atoms with E-state index in [1.54, 1.807) is 18.2 Å². The molecule has 1 aliphatic carbocycles. The maximum atomic E-state index is 12.4. The molecule has 0 aliphatic heterocycles. The largest absolute Gasteiger partial charge is 0.434 e. The number of alkyl halides is 2. The quantitative estimate of drug-likeness (QED) is 0.836. The summed E-state index contributed by atoms with van der Waals surface area (Å²) in [6.45, 7) is -1.63. The van der Waals surface area contributed by atoms with Crippen molar-refractivity contribution >= 4 is 0 Å². The summed E-state index contributed by atoms with van der Waals surface area (Å²) in [6, 6.07) is 7.30. The Hall–Kier alpha value is -1.20. The number of halogens is 2. The molecular formula is C15H21F2NO2. The maximum absolute atomic E-state index is 12.4. The topological polar surface area (TPSA) is 32.7 Å². The normalized spacial score (nSPS) is 16.2. The van der Waals surface area contributed by atoms with E-state index in [9.17, 15) is 13.9 Å². The van der Waals surface area contributed by atoms with E-state index >= 15 is 0 Å². The van der Waals surface area contributed by atoms with Gasteiger partial charge in [-0.1, -0.05) is 31.0 Å². The molecule has 1 aliphatic rings. The van der Waals surface area contributed by atoms with Crippen molar-refractivity contribution in [1.29, 1.82) is 0 Å². The van der Waals surface area contributed by atoms with Gasteiger partial charge in [0.05, 0.1) is 6.61 Å². The third kappa shape index (κ3) is 4.15. The fourth-order valence-electron chi connectivity index (χ4n) is 2.85. The molecule has 1 aromatic rings. The Labute approximate surface area is 118 Å². The van der Waals surface area contributed by atoms with Gasteiger partial charge in [0.15, 0.2) is 0 Å². The van der Waals surface area contributed by atoms with Crippen LogP contribution < -0.4 is 4.74 Å². The monoisotopic (exact) mass is 285 g/mol. The van der Waals surface area contributed by atoms with Crippen LogP contribution in [0.4, 0.5) is 8.78 Å². The van der Waals surface area contributed by atoms with E-state index in [1.165, 1.54) is 12.8 Å². The molecule has 0 bridgehead atoms. The van der Waals surface area contributed by atoms with Crippen LogP contribution in [0.2, 0.25) is 0 Å². The van der Waals surface area contributed by atoms with Crippen molar-refractivity contribution in [3.8, 4) is 5.75 Å². The molecule has 0 atom stereocenters. The molecule has 0 saturated heterocycles. The molecule has 5 heteroatoms. The van der Waals surface area contributed by atoms with E-state index < -0.39 is 6.61 Å². The molecule has 1 fully saturated rings. The van der Waals surface area contributed by atoms with E-state index in [0.29, 0.717) is 19.1 Å². The number of nitrogens with zero attached hydrogens (tertiary/aromatic N) is 1. The van der Waals surface area contributed by atoms with Crippen LogP contribution >= 0.6 is 0 Å². The fourth-order valence-corrected chi connectivity index (χ4v) is 2.85. The van der Waals surface area contributed by atoms with Gasteiger partial charge < -0.3 is 9.84 Å². The number of aliphatic hydroxyl groups is 1. The van der Waals surface area contributed by atoms with Gasteiger partial charge in [-0.2, -0.15) is 8.78 Å². The van der Waals surface area contributed by atoms with Crippen molar-refractivity contribution in [2.24, 2.45) is 0 Å². The third-order valence-corrected chi connectivity index (χ3v) is 3.79. The zero-order chi connectivity index (χ0) is 14.4. The van der Waals surface area contributed by atoms with Gasteiger partial charge in [-0.25, -0.2) is 0 Å². The molecule has 0 amide bonds. The number of para-hydroxylation sites is 1. The van der Waals surface area contributed by atoms with E-state index in [4.69, 9.17) is 0 Å². The Morgan fingerprint density at radius 3 is 2.60 bits per heavy atom. The highest BCUT2D eigenvalue weighted by Crippen LogP contribution is 2.27. The molecular weight excluding hydrogens is 264 g/mol. The van der Waals surface area contributed by atoms with Crippen LogP contribution in [0, 0.1) is 0 Å². The lowest BCUT2D eigenvalue weighted by molar-refractivity contribution is -0.0509. The fraction of sp³-hybridized carbons (Fsp3) is 0.600. The molecule has 3 nitrogen and oxygen atoms in total. The van der Waals surface area contributed by atoms with Crippen LogP contribution in [0.25, 0.3) is 0 Å². The average molecular weight is 285 g/mol. The highest BCUT2D eigenvalue weighted by atomic mass is 19.3. The molecule has 0 spiro atoms. The Balaban J connectivity index is 2.09. The van der Waals surface area contributed by atoms with Crippen LogP contribution in [0.15, 0.2) is 24.3 Å². The van der Waals surface area contributed by atoms with E-state index in [2.05, 4.69) is 9.64 Å². The lowest BCUT2D eigenvalue weighted by Crippen LogP contribution is -2.35. The minimum Gasteiger partial charge on any atom is -0.434 e. The first-order chi connectivity index (χ1) is 9.70.